The van der Waals surface area contributed by atoms with Crippen LogP contribution in [-0.2, 0) is 11.6 Å². The van der Waals surface area contributed by atoms with Gasteiger partial charge in [0.2, 0.25) is 0 Å². The third-order valence-electron chi connectivity index (χ3n) is 3.71. The zero-order chi connectivity index (χ0) is 19.0. The molecule has 0 heterocycles. The standard InChI is InChI=1S/C19H18ClF3O2/c1-11(24)14-7-5-12(18(2,3)4)10-17(14)25-16-8-6-13(9-15(16)20)19(21,22)23/h5-10H,1-4H3. The predicted octanol–water partition coefficient (Wildman–Crippen LogP) is 6.65. The average molecular weight is 371 g/mol. The van der Waals surface area contributed by atoms with Crippen molar-refractivity contribution in [2.75, 3.05) is 0 Å². The van der Waals surface area contributed by atoms with Crippen LogP contribution in [0.3, 0.4) is 0 Å². The molecule has 0 unspecified atom stereocenters. The fourth-order valence-electron chi connectivity index (χ4n) is 2.24. The summed E-state index contributed by atoms with van der Waals surface area (Å²) in [5.74, 6) is 0.114. The lowest BCUT2D eigenvalue weighted by molar-refractivity contribution is -0.137. The highest BCUT2D eigenvalue weighted by atomic mass is 35.5. The van der Waals surface area contributed by atoms with Gasteiger partial charge in [0.25, 0.3) is 0 Å². The second kappa shape index (κ2) is 6.71. The molecule has 2 rings (SSSR count). The smallest absolute Gasteiger partial charge is 0.416 e. The molecule has 0 saturated carbocycles. The van der Waals surface area contributed by atoms with Crippen LogP contribution >= 0.6 is 11.6 Å². The summed E-state index contributed by atoms with van der Waals surface area (Å²) in [4.78, 5) is 11.8. The molecule has 0 aliphatic heterocycles. The van der Waals surface area contributed by atoms with E-state index in [1.165, 1.54) is 6.92 Å². The number of benzene rings is 2. The number of hydrogen-bond donors (Lipinski definition) is 0. The number of halogens is 4. The van der Waals surface area contributed by atoms with Crippen LogP contribution in [-0.4, -0.2) is 5.78 Å². The SMILES string of the molecule is CC(=O)c1ccc(C(C)(C)C)cc1Oc1ccc(C(F)(F)F)cc1Cl. The summed E-state index contributed by atoms with van der Waals surface area (Å²) in [5.41, 5.74) is 0.219. The lowest BCUT2D eigenvalue weighted by Crippen LogP contribution is -2.12. The highest BCUT2D eigenvalue weighted by Crippen LogP contribution is 2.38. The number of rotatable bonds is 3. The van der Waals surface area contributed by atoms with E-state index in [0.29, 0.717) is 5.56 Å². The van der Waals surface area contributed by atoms with Crippen LogP contribution in [0.2, 0.25) is 5.02 Å². The van der Waals surface area contributed by atoms with Crippen molar-refractivity contribution >= 4 is 17.4 Å². The molecule has 0 amide bonds. The summed E-state index contributed by atoms with van der Waals surface area (Å²) in [6.45, 7) is 7.41. The average Bonchev–Trinajstić information content (AvgIpc) is 2.47. The van der Waals surface area contributed by atoms with E-state index in [4.69, 9.17) is 16.3 Å². The van der Waals surface area contributed by atoms with Gasteiger partial charge in [0.1, 0.15) is 11.5 Å². The van der Waals surface area contributed by atoms with Gasteiger partial charge in [-0.05, 0) is 48.2 Å². The van der Waals surface area contributed by atoms with E-state index < -0.39 is 11.7 Å². The largest absolute Gasteiger partial charge is 0.455 e. The first-order chi connectivity index (χ1) is 11.4. The van der Waals surface area contributed by atoms with Crippen LogP contribution in [0.5, 0.6) is 11.5 Å². The van der Waals surface area contributed by atoms with E-state index in [1.54, 1.807) is 12.1 Å². The highest BCUT2D eigenvalue weighted by Gasteiger charge is 2.31. The minimum absolute atomic E-state index is 0.0585. The molecule has 0 spiro atoms. The van der Waals surface area contributed by atoms with E-state index in [9.17, 15) is 18.0 Å². The van der Waals surface area contributed by atoms with E-state index in [1.807, 2.05) is 26.8 Å². The van der Waals surface area contributed by atoms with Crippen molar-refractivity contribution in [1.82, 2.24) is 0 Å². The molecule has 0 fully saturated rings. The molecular weight excluding hydrogens is 353 g/mol. The second-order valence-corrected chi connectivity index (χ2v) is 7.17. The number of carbonyl (C=O) groups is 1. The Morgan fingerprint density at radius 1 is 0.960 bits per heavy atom. The lowest BCUT2D eigenvalue weighted by atomic mass is 9.86. The van der Waals surface area contributed by atoms with Crippen LogP contribution in [0.25, 0.3) is 0 Å². The zero-order valence-corrected chi connectivity index (χ0v) is 15.0. The first kappa shape index (κ1) is 19.3. The van der Waals surface area contributed by atoms with Gasteiger partial charge in [-0.1, -0.05) is 38.4 Å². The predicted molar refractivity (Wildman–Crippen MR) is 91.7 cm³/mol. The molecule has 6 heteroatoms. The van der Waals surface area contributed by atoms with E-state index in [0.717, 1.165) is 23.8 Å². The maximum absolute atomic E-state index is 12.7. The quantitative estimate of drug-likeness (QED) is 0.565. The van der Waals surface area contributed by atoms with Crippen molar-refractivity contribution in [1.29, 1.82) is 0 Å². The van der Waals surface area contributed by atoms with Crippen molar-refractivity contribution < 1.29 is 22.7 Å². The molecule has 25 heavy (non-hydrogen) atoms. The van der Waals surface area contributed by atoms with Crippen LogP contribution in [0.1, 0.15) is 49.2 Å². The van der Waals surface area contributed by atoms with Gasteiger partial charge < -0.3 is 4.74 Å². The topological polar surface area (TPSA) is 26.3 Å². The molecular formula is C19H18ClF3O2. The first-order valence-electron chi connectivity index (χ1n) is 7.59. The number of ketones is 1. The summed E-state index contributed by atoms with van der Waals surface area (Å²) < 4.78 is 43.9. The second-order valence-electron chi connectivity index (χ2n) is 6.76. The molecule has 134 valence electrons. The van der Waals surface area contributed by atoms with Crippen LogP contribution < -0.4 is 4.74 Å². The number of hydrogen-bond acceptors (Lipinski definition) is 2. The van der Waals surface area contributed by atoms with E-state index in [2.05, 4.69) is 0 Å². The van der Waals surface area contributed by atoms with Gasteiger partial charge in [-0.2, -0.15) is 13.2 Å². The fourth-order valence-corrected chi connectivity index (χ4v) is 2.46. The molecule has 0 aromatic heterocycles. The van der Waals surface area contributed by atoms with Crippen molar-refractivity contribution in [2.24, 2.45) is 0 Å². The molecule has 0 aliphatic rings. The van der Waals surface area contributed by atoms with Crippen molar-refractivity contribution in [2.45, 2.75) is 39.3 Å². The van der Waals surface area contributed by atoms with Gasteiger partial charge in [0.15, 0.2) is 5.78 Å². The number of Topliss-reactive ketones (excluding diaryl/α,β-unsaturated/α-hetero) is 1. The minimum atomic E-state index is -4.49. The van der Waals surface area contributed by atoms with Gasteiger partial charge in [0, 0.05) is 0 Å². The summed E-state index contributed by atoms with van der Waals surface area (Å²) in [6, 6.07) is 8.04. The molecule has 0 bridgehead atoms. The summed E-state index contributed by atoms with van der Waals surface area (Å²) in [7, 11) is 0. The Labute approximate surface area is 149 Å². The summed E-state index contributed by atoms with van der Waals surface area (Å²) in [5, 5.41) is -0.175. The first-order valence-corrected chi connectivity index (χ1v) is 7.97. The van der Waals surface area contributed by atoms with Crippen molar-refractivity contribution in [3.63, 3.8) is 0 Å². The normalized spacial score (nSPS) is 12.2. The van der Waals surface area contributed by atoms with Crippen molar-refractivity contribution in [3.8, 4) is 11.5 Å². The summed E-state index contributed by atoms with van der Waals surface area (Å²) in [6.07, 6.45) is -4.49. The van der Waals surface area contributed by atoms with E-state index >= 15 is 0 Å². The Hall–Kier alpha value is -2.01. The Morgan fingerprint density at radius 2 is 1.56 bits per heavy atom. The van der Waals surface area contributed by atoms with Crippen LogP contribution in [0.4, 0.5) is 13.2 Å². The van der Waals surface area contributed by atoms with E-state index in [-0.39, 0.29) is 27.7 Å². The molecule has 0 aliphatic carbocycles. The Kier molecular flexibility index (Phi) is 5.19. The zero-order valence-electron chi connectivity index (χ0n) is 14.3. The van der Waals surface area contributed by atoms with Gasteiger partial charge in [-0.25, -0.2) is 0 Å². The molecule has 2 aromatic rings. The van der Waals surface area contributed by atoms with Crippen molar-refractivity contribution in [3.05, 3.63) is 58.1 Å². The van der Waals surface area contributed by atoms with Crippen LogP contribution in [0, 0.1) is 0 Å². The maximum Gasteiger partial charge on any atom is 0.416 e. The Balaban J connectivity index is 2.47. The number of carbonyl (C=O) groups excluding carboxylic acids is 1. The number of ether oxygens (including phenoxy) is 1. The van der Waals surface area contributed by atoms with Gasteiger partial charge in [0.05, 0.1) is 16.1 Å². The minimum Gasteiger partial charge on any atom is -0.455 e. The monoisotopic (exact) mass is 370 g/mol. The molecule has 2 nitrogen and oxygen atoms in total. The number of alkyl halides is 3. The summed E-state index contributed by atoms with van der Waals surface area (Å²) >= 11 is 5.94. The molecule has 2 aromatic carbocycles. The molecule has 0 N–H and O–H groups in total. The molecule has 0 saturated heterocycles. The third kappa shape index (κ3) is 4.54. The van der Waals surface area contributed by atoms with Gasteiger partial charge >= 0.3 is 6.18 Å². The fraction of sp³-hybridized carbons (Fsp3) is 0.316. The van der Waals surface area contributed by atoms with Gasteiger partial charge in [-0.15, -0.1) is 0 Å². The highest BCUT2D eigenvalue weighted by molar-refractivity contribution is 6.32. The van der Waals surface area contributed by atoms with Crippen LogP contribution in [0.15, 0.2) is 36.4 Å². The molecule has 0 atom stereocenters. The third-order valence-corrected chi connectivity index (χ3v) is 4.00. The maximum atomic E-state index is 12.7. The Morgan fingerprint density at radius 3 is 2.04 bits per heavy atom. The molecule has 0 radical (unpaired) electrons. The van der Waals surface area contributed by atoms with Gasteiger partial charge in [-0.3, -0.25) is 4.79 Å². The lowest BCUT2D eigenvalue weighted by Gasteiger charge is -2.21. The Bertz CT molecular complexity index is 805.